The smallest absolute Gasteiger partial charge is 0.384 e. The standard InChI is InChI=1S/C24H21F4N7O2/c25-15-3-1-4-16-19(15)20(14-10-34(11-14)21(36)13-5-8-30-17(29)9-13)32-35(16)12-18-31-22(37-33-18)23(6-2-7-23)24(26,27)28/h1,3-5,8-9,14H,2,6-7,10-12H2,(H2,29,30). The topological polar surface area (TPSA) is 116 Å². The van der Waals surface area contributed by atoms with Crippen molar-refractivity contribution in [1.82, 2.24) is 29.8 Å². The third-order valence-electron chi connectivity index (χ3n) is 7.26. The molecule has 0 spiro atoms. The number of anilines is 1. The highest BCUT2D eigenvalue weighted by Crippen LogP contribution is 2.54. The van der Waals surface area contributed by atoms with Gasteiger partial charge in [-0.3, -0.25) is 9.48 Å². The first kappa shape index (κ1) is 23.4. The van der Waals surface area contributed by atoms with Gasteiger partial charge < -0.3 is 15.2 Å². The molecule has 1 amide bonds. The first-order valence-electron chi connectivity index (χ1n) is 11.7. The minimum atomic E-state index is -4.49. The van der Waals surface area contributed by atoms with Crippen molar-refractivity contribution in [3.8, 4) is 0 Å². The van der Waals surface area contributed by atoms with Crippen molar-refractivity contribution in [1.29, 1.82) is 0 Å². The summed E-state index contributed by atoms with van der Waals surface area (Å²) in [5, 5.41) is 8.62. The van der Waals surface area contributed by atoms with Gasteiger partial charge in [0.25, 0.3) is 5.91 Å². The Bertz CT molecular complexity index is 1500. The minimum Gasteiger partial charge on any atom is -0.384 e. The molecule has 2 fully saturated rings. The van der Waals surface area contributed by atoms with Crippen molar-refractivity contribution in [2.45, 2.75) is 43.3 Å². The lowest BCUT2D eigenvalue weighted by atomic mass is 9.68. The van der Waals surface area contributed by atoms with E-state index in [9.17, 15) is 22.4 Å². The van der Waals surface area contributed by atoms with Crippen molar-refractivity contribution in [3.05, 3.63) is 65.3 Å². The van der Waals surface area contributed by atoms with Crippen molar-refractivity contribution in [3.63, 3.8) is 0 Å². The van der Waals surface area contributed by atoms with E-state index in [0.717, 1.165) is 0 Å². The summed E-state index contributed by atoms with van der Waals surface area (Å²) in [6, 6.07) is 7.57. The summed E-state index contributed by atoms with van der Waals surface area (Å²) < 4.78 is 62.4. The van der Waals surface area contributed by atoms with Gasteiger partial charge in [0, 0.05) is 30.8 Å². The molecule has 1 saturated heterocycles. The maximum absolute atomic E-state index is 14.9. The Morgan fingerprint density at radius 1 is 1.22 bits per heavy atom. The van der Waals surface area contributed by atoms with E-state index < -0.39 is 23.3 Å². The molecule has 0 bridgehead atoms. The maximum Gasteiger partial charge on any atom is 0.403 e. The van der Waals surface area contributed by atoms with Crippen LogP contribution in [0.1, 0.15) is 52.9 Å². The average Bonchev–Trinajstić information content (AvgIpc) is 3.37. The largest absolute Gasteiger partial charge is 0.403 e. The van der Waals surface area contributed by atoms with Gasteiger partial charge in [0.05, 0.1) is 16.6 Å². The molecule has 1 aromatic carbocycles. The summed E-state index contributed by atoms with van der Waals surface area (Å²) in [6.07, 6.45) is -2.80. The van der Waals surface area contributed by atoms with Gasteiger partial charge in [0.15, 0.2) is 5.82 Å². The summed E-state index contributed by atoms with van der Waals surface area (Å²) in [5.74, 6) is -1.13. The first-order valence-corrected chi connectivity index (χ1v) is 11.7. The summed E-state index contributed by atoms with van der Waals surface area (Å²) in [6.45, 7) is 0.549. The van der Waals surface area contributed by atoms with Gasteiger partial charge in [-0.2, -0.15) is 23.3 Å². The molecule has 1 saturated carbocycles. The van der Waals surface area contributed by atoms with E-state index in [1.165, 1.54) is 29.1 Å². The van der Waals surface area contributed by atoms with Crippen LogP contribution in [0, 0.1) is 5.82 Å². The van der Waals surface area contributed by atoms with Crippen LogP contribution in [0.4, 0.5) is 23.4 Å². The van der Waals surface area contributed by atoms with Crippen molar-refractivity contribution < 1.29 is 26.9 Å². The lowest BCUT2D eigenvalue weighted by Crippen LogP contribution is -2.48. The summed E-state index contributed by atoms with van der Waals surface area (Å²) in [4.78, 5) is 22.3. The van der Waals surface area contributed by atoms with Gasteiger partial charge >= 0.3 is 6.18 Å². The van der Waals surface area contributed by atoms with E-state index in [2.05, 4.69) is 20.2 Å². The molecule has 3 aromatic heterocycles. The lowest BCUT2D eigenvalue weighted by Gasteiger charge is -2.39. The summed E-state index contributed by atoms with van der Waals surface area (Å²) >= 11 is 0. The van der Waals surface area contributed by atoms with Crippen LogP contribution in [-0.4, -0.2) is 55.0 Å². The van der Waals surface area contributed by atoms with Gasteiger partial charge in [-0.05, 0) is 37.1 Å². The highest BCUT2D eigenvalue weighted by atomic mass is 19.4. The second-order valence-corrected chi connectivity index (χ2v) is 9.50. The third kappa shape index (κ3) is 3.71. The zero-order chi connectivity index (χ0) is 25.9. The van der Waals surface area contributed by atoms with Gasteiger partial charge in [0.1, 0.15) is 23.6 Å². The van der Waals surface area contributed by atoms with Gasteiger partial charge in [-0.15, -0.1) is 0 Å². The molecule has 4 heterocycles. The van der Waals surface area contributed by atoms with Crippen LogP contribution in [0.3, 0.4) is 0 Å². The molecule has 1 aliphatic heterocycles. The van der Waals surface area contributed by atoms with Crippen LogP contribution < -0.4 is 5.73 Å². The molecule has 37 heavy (non-hydrogen) atoms. The maximum atomic E-state index is 14.9. The number of pyridine rings is 1. The summed E-state index contributed by atoms with van der Waals surface area (Å²) in [7, 11) is 0. The molecule has 0 radical (unpaired) electrons. The van der Waals surface area contributed by atoms with E-state index in [0.29, 0.717) is 41.7 Å². The summed E-state index contributed by atoms with van der Waals surface area (Å²) in [5.41, 5.74) is 4.87. The van der Waals surface area contributed by atoms with Crippen LogP contribution >= 0.6 is 0 Å². The fraction of sp³-hybridized carbons (Fsp3) is 0.375. The molecular weight excluding hydrogens is 494 g/mol. The quantitative estimate of drug-likeness (QED) is 0.402. The lowest BCUT2D eigenvalue weighted by molar-refractivity contribution is -0.220. The van der Waals surface area contributed by atoms with Crippen molar-refractivity contribution in [2.24, 2.45) is 0 Å². The van der Waals surface area contributed by atoms with Crippen LogP contribution in [0.15, 0.2) is 41.1 Å². The molecule has 6 rings (SSSR count). The van der Waals surface area contributed by atoms with Crippen LogP contribution in [0.5, 0.6) is 0 Å². The number of hydrogen-bond acceptors (Lipinski definition) is 7. The number of rotatable bonds is 5. The number of fused-ring (bicyclic) bond motifs is 1. The fourth-order valence-electron chi connectivity index (χ4n) is 5.00. The Morgan fingerprint density at radius 2 is 2.00 bits per heavy atom. The number of nitrogen functional groups attached to an aromatic ring is 1. The third-order valence-corrected chi connectivity index (χ3v) is 7.26. The number of aromatic nitrogens is 5. The Morgan fingerprint density at radius 3 is 2.68 bits per heavy atom. The van der Waals surface area contributed by atoms with Gasteiger partial charge in [0.2, 0.25) is 5.89 Å². The number of nitrogens with two attached hydrogens (primary N) is 1. The zero-order valence-electron chi connectivity index (χ0n) is 19.4. The second kappa shape index (κ2) is 8.25. The molecule has 0 unspecified atom stereocenters. The van der Waals surface area contributed by atoms with Gasteiger partial charge in [-0.1, -0.05) is 17.6 Å². The van der Waals surface area contributed by atoms with Gasteiger partial charge in [-0.25, -0.2) is 9.37 Å². The van der Waals surface area contributed by atoms with E-state index in [4.69, 9.17) is 10.3 Å². The number of amides is 1. The molecule has 13 heteroatoms. The van der Waals surface area contributed by atoms with Crippen molar-refractivity contribution in [2.75, 3.05) is 18.8 Å². The predicted molar refractivity (Wildman–Crippen MR) is 122 cm³/mol. The SMILES string of the molecule is Nc1cc(C(=O)N2CC(c3nn(Cc4noc(C5(C(F)(F)F)CCC5)n4)c4cccc(F)c34)C2)ccn1. The Kier molecular flexibility index (Phi) is 5.21. The van der Waals surface area contributed by atoms with Crippen molar-refractivity contribution >= 4 is 22.6 Å². The van der Waals surface area contributed by atoms with E-state index in [1.54, 1.807) is 17.0 Å². The van der Waals surface area contributed by atoms with Crippen LogP contribution in [0.25, 0.3) is 10.9 Å². The number of likely N-dealkylation sites (tertiary alicyclic amines) is 1. The molecule has 2 N–H and O–H groups in total. The van der Waals surface area contributed by atoms with E-state index >= 15 is 0 Å². The Balaban J connectivity index is 1.26. The first-order chi connectivity index (χ1) is 17.7. The van der Waals surface area contributed by atoms with E-state index in [1.807, 2.05) is 0 Å². The number of carbonyl (C=O) groups excluding carboxylic acids is 1. The highest BCUT2D eigenvalue weighted by Gasteiger charge is 2.63. The zero-order valence-corrected chi connectivity index (χ0v) is 19.4. The molecule has 2 aliphatic rings. The number of carbonyl (C=O) groups is 1. The molecule has 1 aliphatic carbocycles. The van der Waals surface area contributed by atoms with Crippen LogP contribution in [0.2, 0.25) is 0 Å². The monoisotopic (exact) mass is 515 g/mol. The number of benzene rings is 1. The normalized spacial score (nSPS) is 17.6. The number of alkyl halides is 3. The molecule has 9 nitrogen and oxygen atoms in total. The second-order valence-electron chi connectivity index (χ2n) is 9.50. The Labute approximate surface area is 207 Å². The molecular formula is C24H21F4N7O2. The molecule has 4 aromatic rings. The fourth-order valence-corrected chi connectivity index (χ4v) is 5.00. The Hall–Kier alpha value is -4.03. The molecule has 0 atom stereocenters. The van der Waals surface area contributed by atoms with E-state index in [-0.39, 0.29) is 42.9 Å². The molecule has 192 valence electrons. The number of halogens is 4. The van der Waals surface area contributed by atoms with Crippen LogP contribution in [-0.2, 0) is 12.0 Å². The predicted octanol–water partition coefficient (Wildman–Crippen LogP) is 3.81. The highest BCUT2D eigenvalue weighted by molar-refractivity contribution is 5.95. The minimum absolute atomic E-state index is 0.0198. The average molecular weight is 515 g/mol. The number of nitrogens with zero attached hydrogens (tertiary/aromatic N) is 6. The number of hydrogen-bond donors (Lipinski definition) is 1.